The third-order valence-electron chi connectivity index (χ3n) is 4.85. The van der Waals surface area contributed by atoms with Crippen molar-refractivity contribution >= 4 is 44.8 Å². The first kappa shape index (κ1) is 22.3. The highest BCUT2D eigenvalue weighted by Gasteiger charge is 2.37. The summed E-state index contributed by atoms with van der Waals surface area (Å²) >= 11 is 5.81. The van der Waals surface area contributed by atoms with Crippen molar-refractivity contribution < 1.29 is 37.8 Å². The zero-order valence-corrected chi connectivity index (χ0v) is 18.1. The van der Waals surface area contributed by atoms with Crippen molar-refractivity contribution in [2.75, 3.05) is 11.3 Å². The summed E-state index contributed by atoms with van der Waals surface area (Å²) in [6.45, 7) is -0.881. The molecule has 0 heterocycles. The van der Waals surface area contributed by atoms with Gasteiger partial charge >= 0.3 is 5.97 Å². The number of carboxylic acids is 1. The molecule has 4 rings (SSSR count). The van der Waals surface area contributed by atoms with Gasteiger partial charge in [-0.25, -0.2) is 13.2 Å². The molecule has 168 valence electrons. The monoisotopic (exact) mass is 487 g/mol. The second-order valence-electron chi connectivity index (χ2n) is 6.97. The lowest BCUT2D eigenvalue weighted by molar-refractivity contribution is -0.139. The van der Waals surface area contributed by atoms with E-state index < -0.39 is 51.2 Å². The Hall–Kier alpha value is -3.89. The maximum absolute atomic E-state index is 13.2. The van der Waals surface area contributed by atoms with Crippen LogP contribution < -0.4 is 9.46 Å². The van der Waals surface area contributed by atoms with Gasteiger partial charge in [0.1, 0.15) is 0 Å². The lowest BCUT2D eigenvalue weighted by Crippen LogP contribution is -2.25. The number of carbonyl (C=O) groups is 3. The molecule has 3 aromatic rings. The zero-order valence-electron chi connectivity index (χ0n) is 16.5. The van der Waals surface area contributed by atoms with Gasteiger partial charge in [0.2, 0.25) is 0 Å². The van der Waals surface area contributed by atoms with Crippen molar-refractivity contribution in [1.82, 2.24) is 0 Å². The van der Waals surface area contributed by atoms with Crippen molar-refractivity contribution in [2.45, 2.75) is 4.90 Å². The summed E-state index contributed by atoms with van der Waals surface area (Å²) < 4.78 is 33.2. The van der Waals surface area contributed by atoms with E-state index in [0.717, 1.165) is 6.07 Å². The van der Waals surface area contributed by atoms with E-state index in [-0.39, 0.29) is 27.3 Å². The van der Waals surface area contributed by atoms with Crippen LogP contribution in [-0.2, 0) is 14.8 Å². The number of hydrogen-bond acceptors (Lipinski definition) is 7. The molecular weight excluding hydrogens is 474 g/mol. The van der Waals surface area contributed by atoms with Crippen LogP contribution in [-0.4, -0.2) is 42.8 Å². The molecule has 0 spiro atoms. The summed E-state index contributed by atoms with van der Waals surface area (Å²) in [4.78, 5) is 37.1. The predicted molar refractivity (Wildman–Crippen MR) is 117 cm³/mol. The molecule has 1 aliphatic carbocycles. The number of aromatic hydroxyl groups is 1. The fraction of sp³-hybridized carbons (Fsp3) is 0.0455. The van der Waals surface area contributed by atoms with Gasteiger partial charge in [0.25, 0.3) is 10.0 Å². The molecule has 0 aromatic heterocycles. The SMILES string of the molecule is O=C(O)COc1cc(NS(=O)(=O)c2ccc(Cl)cc2)c2c(c1O)C(=O)c1ccccc1C2=O. The van der Waals surface area contributed by atoms with E-state index >= 15 is 0 Å². The van der Waals surface area contributed by atoms with Gasteiger partial charge in [-0.05, 0) is 24.3 Å². The Morgan fingerprint density at radius 3 is 2.12 bits per heavy atom. The molecule has 0 saturated carbocycles. The number of halogens is 1. The average molecular weight is 488 g/mol. The van der Waals surface area contributed by atoms with Crippen LogP contribution in [0.2, 0.25) is 5.02 Å². The predicted octanol–water partition coefficient (Wildman–Crippen LogP) is 3.09. The number of phenolic OH excluding ortho intramolecular Hbond substituents is 1. The lowest BCUT2D eigenvalue weighted by Gasteiger charge is -2.23. The highest BCUT2D eigenvalue weighted by atomic mass is 35.5. The summed E-state index contributed by atoms with van der Waals surface area (Å²) in [5, 5.41) is 19.9. The maximum atomic E-state index is 13.2. The topological polar surface area (TPSA) is 147 Å². The van der Waals surface area contributed by atoms with Crippen LogP contribution in [0.3, 0.4) is 0 Å². The Labute approximate surface area is 192 Å². The van der Waals surface area contributed by atoms with E-state index in [1.807, 2.05) is 0 Å². The molecule has 11 heteroatoms. The average Bonchev–Trinajstić information content (AvgIpc) is 2.77. The van der Waals surface area contributed by atoms with Gasteiger partial charge in [-0.3, -0.25) is 14.3 Å². The normalized spacial score (nSPS) is 12.6. The van der Waals surface area contributed by atoms with Crippen LogP contribution in [0.4, 0.5) is 5.69 Å². The highest BCUT2D eigenvalue weighted by Crippen LogP contribution is 2.43. The molecule has 0 unspecified atom stereocenters. The Balaban J connectivity index is 1.91. The van der Waals surface area contributed by atoms with E-state index in [1.165, 1.54) is 48.5 Å². The number of phenols is 1. The minimum Gasteiger partial charge on any atom is -0.504 e. The molecule has 0 saturated heterocycles. The first-order valence-electron chi connectivity index (χ1n) is 9.31. The minimum absolute atomic E-state index is 0.00666. The number of carbonyl (C=O) groups excluding carboxylic acids is 2. The van der Waals surface area contributed by atoms with Gasteiger partial charge < -0.3 is 14.9 Å². The molecule has 9 nitrogen and oxygen atoms in total. The number of hydrogen-bond donors (Lipinski definition) is 3. The number of nitrogens with one attached hydrogen (secondary N) is 1. The number of aliphatic carboxylic acids is 1. The van der Waals surface area contributed by atoms with Gasteiger partial charge in [-0.1, -0.05) is 35.9 Å². The number of carboxylic acid groups (broad SMARTS) is 1. The Bertz CT molecular complexity index is 1430. The maximum Gasteiger partial charge on any atom is 0.341 e. The fourth-order valence-electron chi connectivity index (χ4n) is 3.40. The molecule has 0 fully saturated rings. The van der Waals surface area contributed by atoms with Crippen molar-refractivity contribution in [2.24, 2.45) is 0 Å². The number of rotatable bonds is 6. The Morgan fingerprint density at radius 1 is 0.970 bits per heavy atom. The van der Waals surface area contributed by atoms with Crippen molar-refractivity contribution in [3.05, 3.63) is 81.9 Å². The van der Waals surface area contributed by atoms with Crippen molar-refractivity contribution in [3.63, 3.8) is 0 Å². The summed E-state index contributed by atoms with van der Waals surface area (Å²) in [7, 11) is -4.27. The van der Waals surface area contributed by atoms with Gasteiger partial charge in [0, 0.05) is 22.2 Å². The molecule has 33 heavy (non-hydrogen) atoms. The molecule has 0 amide bonds. The summed E-state index contributed by atoms with van der Waals surface area (Å²) in [6, 6.07) is 12.0. The molecule has 0 radical (unpaired) electrons. The number of ether oxygens (including phenoxy) is 1. The van der Waals surface area contributed by atoms with Crippen LogP contribution in [0.5, 0.6) is 11.5 Å². The second-order valence-corrected chi connectivity index (χ2v) is 9.09. The number of benzene rings is 3. The summed E-state index contributed by atoms with van der Waals surface area (Å²) in [5.41, 5.74) is -1.19. The van der Waals surface area contributed by atoms with Crippen LogP contribution in [0.25, 0.3) is 0 Å². The number of anilines is 1. The molecule has 3 N–H and O–H groups in total. The minimum atomic E-state index is -4.27. The molecule has 0 aliphatic heterocycles. The second kappa shape index (κ2) is 8.23. The van der Waals surface area contributed by atoms with Gasteiger partial charge in [0.15, 0.2) is 29.7 Å². The van der Waals surface area contributed by atoms with E-state index in [1.54, 1.807) is 0 Å². The highest BCUT2D eigenvalue weighted by molar-refractivity contribution is 7.92. The van der Waals surface area contributed by atoms with Crippen LogP contribution in [0, 0.1) is 0 Å². The van der Waals surface area contributed by atoms with Crippen molar-refractivity contribution in [1.29, 1.82) is 0 Å². The van der Waals surface area contributed by atoms with Gasteiger partial charge in [-0.2, -0.15) is 0 Å². The van der Waals surface area contributed by atoms with Crippen LogP contribution in [0.1, 0.15) is 31.8 Å². The summed E-state index contributed by atoms with van der Waals surface area (Å²) in [6.07, 6.45) is 0. The van der Waals surface area contributed by atoms with Gasteiger partial charge in [-0.15, -0.1) is 0 Å². The largest absolute Gasteiger partial charge is 0.504 e. The first-order valence-corrected chi connectivity index (χ1v) is 11.2. The third-order valence-corrected chi connectivity index (χ3v) is 6.49. The fourth-order valence-corrected chi connectivity index (χ4v) is 4.59. The third kappa shape index (κ3) is 4.01. The van der Waals surface area contributed by atoms with Crippen LogP contribution in [0.15, 0.2) is 59.5 Å². The number of fused-ring (bicyclic) bond motifs is 2. The van der Waals surface area contributed by atoms with Gasteiger partial charge in [0.05, 0.1) is 21.7 Å². The zero-order chi connectivity index (χ0) is 23.9. The number of ketones is 2. The lowest BCUT2D eigenvalue weighted by atomic mass is 9.82. The number of sulfonamides is 1. The Morgan fingerprint density at radius 2 is 1.55 bits per heavy atom. The van der Waals surface area contributed by atoms with E-state index in [4.69, 9.17) is 21.4 Å². The smallest absolute Gasteiger partial charge is 0.341 e. The standard InChI is InChI=1S/C22H14ClNO8S/c23-11-5-7-12(8-6-11)33(30,31)24-15-9-16(32-10-17(25)26)22(29)19-18(15)20(27)13-3-1-2-4-14(13)21(19)28/h1-9,24,29H,10H2,(H,25,26). The molecule has 0 bridgehead atoms. The van der Waals surface area contributed by atoms with Crippen LogP contribution >= 0.6 is 11.6 Å². The quantitative estimate of drug-likeness (QED) is 0.351. The molecule has 1 aliphatic rings. The summed E-state index contributed by atoms with van der Waals surface area (Å²) in [5.74, 6) is -4.07. The molecule has 0 atom stereocenters. The Kier molecular flexibility index (Phi) is 5.56. The first-order chi connectivity index (χ1) is 15.6. The van der Waals surface area contributed by atoms with Crippen molar-refractivity contribution in [3.8, 4) is 11.5 Å². The molecule has 3 aromatic carbocycles. The van der Waals surface area contributed by atoms with E-state index in [2.05, 4.69) is 4.72 Å². The van der Waals surface area contributed by atoms with E-state index in [0.29, 0.717) is 5.02 Å². The van der Waals surface area contributed by atoms with E-state index in [9.17, 15) is 27.9 Å². The molecular formula is C22H14ClNO8S.